The first-order valence-electron chi connectivity index (χ1n) is 8.02. The van der Waals surface area contributed by atoms with Gasteiger partial charge < -0.3 is 9.80 Å². The highest BCUT2D eigenvalue weighted by molar-refractivity contribution is 6.35. The molecule has 1 fully saturated rings. The maximum atomic E-state index is 12.9. The van der Waals surface area contributed by atoms with E-state index >= 15 is 0 Å². The smallest absolute Gasteiger partial charge is 0.360 e. The van der Waals surface area contributed by atoms with Crippen LogP contribution in [-0.4, -0.2) is 26.2 Å². The van der Waals surface area contributed by atoms with Crippen molar-refractivity contribution < 1.29 is 18.1 Å². The zero-order valence-corrected chi connectivity index (χ0v) is 14.9. The second-order valence-corrected chi connectivity index (χ2v) is 7.04. The van der Waals surface area contributed by atoms with Crippen molar-refractivity contribution in [2.24, 2.45) is 0 Å². The van der Waals surface area contributed by atoms with Crippen molar-refractivity contribution in [1.82, 2.24) is 0 Å². The van der Waals surface area contributed by atoms with Crippen LogP contribution in [-0.2, 0) is 12.7 Å². The molecule has 0 amide bonds. The SMILES string of the molecule is FC(F)(F)c1cccc(N2CC[NH+](Cc3ccc(Cl)cc3Cl)CC2)c1. The number of anilines is 1. The minimum Gasteiger partial charge on any atom is -0.360 e. The molecule has 134 valence electrons. The van der Waals surface area contributed by atoms with Crippen molar-refractivity contribution in [2.45, 2.75) is 12.7 Å². The van der Waals surface area contributed by atoms with Gasteiger partial charge >= 0.3 is 6.18 Å². The summed E-state index contributed by atoms with van der Waals surface area (Å²) in [5.74, 6) is 0. The second-order valence-electron chi connectivity index (χ2n) is 6.20. The van der Waals surface area contributed by atoms with Crippen molar-refractivity contribution in [3.63, 3.8) is 0 Å². The molecular weight excluding hydrogens is 372 g/mol. The fourth-order valence-corrected chi connectivity index (χ4v) is 3.55. The van der Waals surface area contributed by atoms with Gasteiger partial charge in [0.1, 0.15) is 6.54 Å². The fraction of sp³-hybridized carbons (Fsp3) is 0.333. The van der Waals surface area contributed by atoms with Crippen LogP contribution in [0.2, 0.25) is 10.0 Å². The summed E-state index contributed by atoms with van der Waals surface area (Å²) in [6.45, 7) is 3.89. The lowest BCUT2D eigenvalue weighted by Gasteiger charge is -2.34. The van der Waals surface area contributed by atoms with Gasteiger partial charge in [-0.15, -0.1) is 0 Å². The average molecular weight is 390 g/mol. The Labute approximate surface area is 154 Å². The second kappa shape index (κ2) is 7.44. The third-order valence-corrected chi connectivity index (χ3v) is 5.05. The third kappa shape index (κ3) is 4.60. The summed E-state index contributed by atoms with van der Waals surface area (Å²) in [5.41, 5.74) is 1.06. The topological polar surface area (TPSA) is 7.68 Å². The average Bonchev–Trinajstić information content (AvgIpc) is 2.57. The minimum absolute atomic E-state index is 0.604. The molecule has 0 radical (unpaired) electrons. The first-order chi connectivity index (χ1) is 11.8. The minimum atomic E-state index is -4.31. The summed E-state index contributed by atoms with van der Waals surface area (Å²) >= 11 is 12.1. The molecule has 0 saturated carbocycles. The predicted molar refractivity (Wildman–Crippen MR) is 94.5 cm³/mol. The molecule has 25 heavy (non-hydrogen) atoms. The molecule has 2 nitrogen and oxygen atoms in total. The van der Waals surface area contributed by atoms with Crippen molar-refractivity contribution >= 4 is 28.9 Å². The predicted octanol–water partition coefficient (Wildman–Crippen LogP) is 3.92. The Bertz CT molecular complexity index is 741. The largest absolute Gasteiger partial charge is 0.416 e. The van der Waals surface area contributed by atoms with E-state index in [1.54, 1.807) is 12.1 Å². The van der Waals surface area contributed by atoms with E-state index in [0.29, 0.717) is 28.8 Å². The van der Waals surface area contributed by atoms with E-state index in [9.17, 15) is 13.2 Å². The van der Waals surface area contributed by atoms with Gasteiger partial charge in [-0.25, -0.2) is 0 Å². The Morgan fingerprint density at radius 3 is 2.36 bits per heavy atom. The molecule has 0 aromatic heterocycles. The molecule has 1 N–H and O–H groups in total. The molecule has 2 aromatic rings. The monoisotopic (exact) mass is 389 g/mol. The van der Waals surface area contributed by atoms with Gasteiger partial charge in [-0.2, -0.15) is 13.2 Å². The Morgan fingerprint density at radius 1 is 1.00 bits per heavy atom. The van der Waals surface area contributed by atoms with Gasteiger partial charge in [0.05, 0.1) is 36.8 Å². The quantitative estimate of drug-likeness (QED) is 0.835. The lowest BCUT2D eigenvalue weighted by molar-refractivity contribution is -0.914. The Morgan fingerprint density at radius 2 is 1.72 bits per heavy atom. The van der Waals surface area contributed by atoms with E-state index in [4.69, 9.17) is 23.2 Å². The molecule has 7 heteroatoms. The van der Waals surface area contributed by atoms with Gasteiger partial charge in [-0.05, 0) is 30.3 Å². The van der Waals surface area contributed by atoms with E-state index in [0.717, 1.165) is 31.3 Å². The summed E-state index contributed by atoms with van der Waals surface area (Å²) in [6.07, 6.45) is -4.31. The molecule has 1 aliphatic rings. The van der Waals surface area contributed by atoms with Gasteiger partial charge in [0.25, 0.3) is 0 Å². The van der Waals surface area contributed by atoms with Crippen LogP contribution in [0, 0.1) is 0 Å². The molecule has 3 rings (SSSR count). The molecule has 0 atom stereocenters. The molecule has 1 heterocycles. The number of rotatable bonds is 3. The number of benzene rings is 2. The number of quaternary nitrogens is 1. The number of alkyl halides is 3. The maximum Gasteiger partial charge on any atom is 0.416 e. The van der Waals surface area contributed by atoms with Crippen LogP contribution in [0.25, 0.3) is 0 Å². The van der Waals surface area contributed by atoms with Gasteiger partial charge in [-0.1, -0.05) is 35.3 Å². The number of halogens is 5. The first kappa shape index (κ1) is 18.4. The highest BCUT2D eigenvalue weighted by Crippen LogP contribution is 2.31. The van der Waals surface area contributed by atoms with Crippen LogP contribution in [0.15, 0.2) is 42.5 Å². The molecule has 0 unspecified atom stereocenters. The summed E-state index contributed by atoms with van der Waals surface area (Å²) in [6, 6.07) is 11.0. The van der Waals surface area contributed by atoms with Crippen LogP contribution in [0.1, 0.15) is 11.1 Å². The molecule has 1 aliphatic heterocycles. The Balaban J connectivity index is 1.62. The standard InChI is InChI=1S/C18H17Cl2F3N2/c19-15-5-4-13(17(20)11-15)12-24-6-8-25(9-7-24)16-3-1-2-14(10-16)18(21,22)23/h1-5,10-11H,6-9,12H2/p+1. The number of hydrogen-bond acceptors (Lipinski definition) is 1. The third-order valence-electron chi connectivity index (χ3n) is 4.46. The number of nitrogens with one attached hydrogen (secondary N) is 1. The summed E-state index contributed by atoms with van der Waals surface area (Å²) in [5, 5.41) is 1.26. The van der Waals surface area contributed by atoms with Gasteiger partial charge in [0.15, 0.2) is 0 Å². The maximum absolute atomic E-state index is 12.9. The molecule has 0 spiro atoms. The molecular formula is C18H18Cl2F3N2+. The van der Waals surface area contributed by atoms with Crippen LogP contribution < -0.4 is 9.80 Å². The van der Waals surface area contributed by atoms with Crippen molar-refractivity contribution in [1.29, 1.82) is 0 Å². The van der Waals surface area contributed by atoms with Crippen molar-refractivity contribution in [3.05, 3.63) is 63.6 Å². The summed E-state index contributed by atoms with van der Waals surface area (Å²) in [4.78, 5) is 3.36. The normalized spacial score (nSPS) is 16.3. The number of piperazine rings is 1. The molecule has 0 bridgehead atoms. The lowest BCUT2D eigenvalue weighted by Crippen LogP contribution is -3.13. The van der Waals surface area contributed by atoms with E-state index in [2.05, 4.69) is 0 Å². The van der Waals surface area contributed by atoms with E-state index in [1.165, 1.54) is 17.0 Å². The van der Waals surface area contributed by atoms with E-state index in [-0.39, 0.29) is 0 Å². The van der Waals surface area contributed by atoms with Crippen LogP contribution in [0.3, 0.4) is 0 Å². The van der Waals surface area contributed by atoms with Crippen LogP contribution in [0.4, 0.5) is 18.9 Å². The fourth-order valence-electron chi connectivity index (χ4n) is 3.07. The van der Waals surface area contributed by atoms with Gasteiger partial charge in [0.2, 0.25) is 0 Å². The van der Waals surface area contributed by atoms with Crippen molar-refractivity contribution in [3.8, 4) is 0 Å². The first-order valence-corrected chi connectivity index (χ1v) is 8.78. The van der Waals surface area contributed by atoms with E-state index in [1.807, 2.05) is 17.0 Å². The highest BCUT2D eigenvalue weighted by atomic mass is 35.5. The van der Waals surface area contributed by atoms with Gasteiger partial charge in [-0.3, -0.25) is 0 Å². The lowest BCUT2D eigenvalue weighted by atomic mass is 10.1. The van der Waals surface area contributed by atoms with Crippen LogP contribution >= 0.6 is 23.2 Å². The zero-order valence-electron chi connectivity index (χ0n) is 13.4. The molecule has 2 aromatic carbocycles. The molecule has 1 saturated heterocycles. The van der Waals surface area contributed by atoms with Crippen molar-refractivity contribution in [2.75, 3.05) is 31.1 Å². The van der Waals surface area contributed by atoms with E-state index < -0.39 is 11.7 Å². The molecule has 0 aliphatic carbocycles. The number of hydrogen-bond donors (Lipinski definition) is 1. The zero-order chi connectivity index (χ0) is 18.0. The summed E-state index contributed by atoms with van der Waals surface area (Å²) < 4.78 is 38.6. The van der Waals surface area contributed by atoms with Crippen LogP contribution in [0.5, 0.6) is 0 Å². The number of nitrogens with zero attached hydrogens (tertiary/aromatic N) is 1. The van der Waals surface area contributed by atoms with Gasteiger partial charge in [0, 0.05) is 16.3 Å². The Kier molecular flexibility index (Phi) is 5.46. The Hall–Kier alpha value is -1.43. The summed E-state index contributed by atoms with van der Waals surface area (Å²) in [7, 11) is 0. The highest BCUT2D eigenvalue weighted by Gasteiger charge is 2.31.